The summed E-state index contributed by atoms with van der Waals surface area (Å²) in [7, 11) is 3.08. The molecule has 1 aliphatic rings. The summed E-state index contributed by atoms with van der Waals surface area (Å²) in [5, 5.41) is 22.9. The van der Waals surface area contributed by atoms with Crippen molar-refractivity contribution in [2.75, 3.05) is 17.7 Å². The van der Waals surface area contributed by atoms with E-state index >= 15 is 0 Å². The fourth-order valence-corrected chi connectivity index (χ4v) is 4.07. The molecule has 0 bridgehead atoms. The summed E-state index contributed by atoms with van der Waals surface area (Å²) in [4.78, 5) is 33.3. The third kappa shape index (κ3) is 5.12. The Morgan fingerprint density at radius 3 is 2.69 bits per heavy atom. The number of carbonyl (C=O) groups excluding carboxylic acids is 2. The van der Waals surface area contributed by atoms with Crippen LogP contribution in [0.3, 0.4) is 0 Å². The van der Waals surface area contributed by atoms with Crippen LogP contribution in [0.1, 0.15) is 31.4 Å². The second kappa shape index (κ2) is 10.3. The number of hydrogen-bond acceptors (Lipinski definition) is 9. The Morgan fingerprint density at radius 1 is 1.28 bits per heavy atom. The van der Waals surface area contributed by atoms with Gasteiger partial charge in [0.2, 0.25) is 5.91 Å². The number of aryl methyl sites for hydroxylation is 1. The number of hydrogen-bond donors (Lipinski definition) is 2. The van der Waals surface area contributed by atoms with Crippen molar-refractivity contribution in [1.82, 2.24) is 25.0 Å². The molecule has 13 heteroatoms. The molecule has 0 radical (unpaired) electrons. The summed E-state index contributed by atoms with van der Waals surface area (Å²) in [5.74, 6) is -0.245. The summed E-state index contributed by atoms with van der Waals surface area (Å²) in [5.41, 5.74) is 0.904. The van der Waals surface area contributed by atoms with E-state index in [2.05, 4.69) is 37.0 Å². The van der Waals surface area contributed by atoms with Crippen LogP contribution in [-0.4, -0.2) is 49.7 Å². The Labute approximate surface area is 211 Å². The molecule has 36 heavy (non-hydrogen) atoms. The maximum atomic E-state index is 12.5. The van der Waals surface area contributed by atoms with E-state index in [9.17, 15) is 14.9 Å². The van der Waals surface area contributed by atoms with E-state index in [1.807, 2.05) is 0 Å². The number of amides is 2. The minimum Gasteiger partial charge on any atom is -0.441 e. The molecule has 1 atom stereocenters. The lowest BCUT2D eigenvalue weighted by atomic mass is 9.71. The Morgan fingerprint density at radius 2 is 2.06 bits per heavy atom. The van der Waals surface area contributed by atoms with Crippen molar-refractivity contribution in [3.05, 3.63) is 47.4 Å². The number of methoxy groups -OCH3 is 1. The standard InChI is InChI=1S/C23H23ClN8O4/c1-13(16-5-4-8-26-19(16)24)36-22(34)29-20-18(30-31-32(20)2)17-7-6-15(11-27-17)28-21(33)14-9-23(10-14,12-25)35-3/h4-8,11,13-14H,9-10H2,1-3H3,(H,28,33)(H,29,34). The van der Waals surface area contributed by atoms with Gasteiger partial charge in [0.05, 0.1) is 23.6 Å². The molecule has 0 saturated heterocycles. The van der Waals surface area contributed by atoms with Gasteiger partial charge in [-0.15, -0.1) is 5.10 Å². The van der Waals surface area contributed by atoms with Crippen LogP contribution in [0.4, 0.5) is 16.3 Å². The monoisotopic (exact) mass is 510 g/mol. The van der Waals surface area contributed by atoms with Crippen LogP contribution in [0.2, 0.25) is 5.15 Å². The molecular formula is C23H23ClN8O4. The molecule has 1 aliphatic carbocycles. The first-order valence-corrected chi connectivity index (χ1v) is 11.3. The van der Waals surface area contributed by atoms with Gasteiger partial charge in [-0.3, -0.25) is 15.1 Å². The number of halogens is 1. The molecule has 4 rings (SSSR count). The van der Waals surface area contributed by atoms with Crippen molar-refractivity contribution in [2.45, 2.75) is 31.5 Å². The first-order valence-electron chi connectivity index (χ1n) is 11.0. The average molecular weight is 511 g/mol. The third-order valence-corrected chi connectivity index (χ3v) is 6.26. The van der Waals surface area contributed by atoms with Gasteiger partial charge in [-0.25, -0.2) is 14.5 Å². The lowest BCUT2D eigenvalue weighted by molar-refractivity contribution is -0.132. The van der Waals surface area contributed by atoms with Gasteiger partial charge in [0.25, 0.3) is 0 Å². The zero-order chi connectivity index (χ0) is 25.9. The van der Waals surface area contributed by atoms with E-state index in [-0.39, 0.29) is 22.8 Å². The molecule has 186 valence electrons. The van der Waals surface area contributed by atoms with Gasteiger partial charge in [0.1, 0.15) is 11.3 Å². The summed E-state index contributed by atoms with van der Waals surface area (Å²) >= 11 is 6.07. The number of anilines is 2. The van der Waals surface area contributed by atoms with Crippen LogP contribution in [-0.2, 0) is 21.3 Å². The number of ether oxygens (including phenoxy) is 2. The van der Waals surface area contributed by atoms with Gasteiger partial charge in [-0.1, -0.05) is 22.9 Å². The van der Waals surface area contributed by atoms with Crippen LogP contribution >= 0.6 is 11.6 Å². The number of nitrogens with one attached hydrogen (secondary N) is 2. The van der Waals surface area contributed by atoms with E-state index in [1.165, 1.54) is 18.0 Å². The van der Waals surface area contributed by atoms with Crippen molar-refractivity contribution in [3.63, 3.8) is 0 Å². The molecule has 3 aromatic rings. The number of carbonyl (C=O) groups is 2. The molecule has 1 fully saturated rings. The van der Waals surface area contributed by atoms with Crippen LogP contribution in [0.5, 0.6) is 0 Å². The number of aromatic nitrogens is 5. The molecule has 0 spiro atoms. The average Bonchev–Trinajstić information content (AvgIpc) is 3.19. The predicted octanol–water partition coefficient (Wildman–Crippen LogP) is 3.49. The zero-order valence-electron chi connectivity index (χ0n) is 19.7. The van der Waals surface area contributed by atoms with Crippen molar-refractivity contribution in [1.29, 1.82) is 5.26 Å². The minimum absolute atomic E-state index is 0.208. The summed E-state index contributed by atoms with van der Waals surface area (Å²) in [6, 6.07) is 8.83. The summed E-state index contributed by atoms with van der Waals surface area (Å²) < 4.78 is 12.0. The van der Waals surface area contributed by atoms with Crippen molar-refractivity contribution >= 4 is 35.1 Å². The normalized spacial score (nSPS) is 19.5. The number of rotatable bonds is 7. The van der Waals surface area contributed by atoms with Gasteiger partial charge in [0.15, 0.2) is 17.1 Å². The first-order chi connectivity index (χ1) is 17.2. The molecule has 2 N–H and O–H groups in total. The Kier molecular flexibility index (Phi) is 7.14. The van der Waals surface area contributed by atoms with E-state index in [0.29, 0.717) is 35.5 Å². The second-order valence-electron chi connectivity index (χ2n) is 8.30. The molecule has 12 nitrogen and oxygen atoms in total. The molecule has 3 aromatic heterocycles. The smallest absolute Gasteiger partial charge is 0.413 e. The van der Waals surface area contributed by atoms with Crippen LogP contribution in [0.15, 0.2) is 36.7 Å². The number of nitriles is 1. The fraction of sp³-hybridized carbons (Fsp3) is 0.348. The molecule has 0 aromatic carbocycles. The maximum absolute atomic E-state index is 12.5. The van der Waals surface area contributed by atoms with Crippen LogP contribution in [0.25, 0.3) is 11.4 Å². The van der Waals surface area contributed by atoms with Crippen LogP contribution < -0.4 is 10.6 Å². The second-order valence-corrected chi connectivity index (χ2v) is 8.66. The molecule has 1 unspecified atom stereocenters. The SMILES string of the molecule is COC1(C#N)CC(C(=O)Nc2ccc(-c3nnn(C)c3NC(=O)OC(C)c3cccnc3Cl)nc2)C1. The molecular weight excluding hydrogens is 488 g/mol. The lowest BCUT2D eigenvalue weighted by Crippen LogP contribution is -2.48. The van der Waals surface area contributed by atoms with Crippen molar-refractivity contribution in [3.8, 4) is 17.5 Å². The van der Waals surface area contributed by atoms with E-state index in [1.54, 1.807) is 44.4 Å². The lowest BCUT2D eigenvalue weighted by Gasteiger charge is -2.40. The molecule has 1 saturated carbocycles. The Balaban J connectivity index is 1.40. The highest BCUT2D eigenvalue weighted by atomic mass is 35.5. The first kappa shape index (κ1) is 25.0. The minimum atomic E-state index is -0.886. The van der Waals surface area contributed by atoms with Crippen LogP contribution in [0, 0.1) is 17.2 Å². The Hall–Kier alpha value is -4.08. The van der Waals surface area contributed by atoms with Gasteiger partial charge >= 0.3 is 6.09 Å². The van der Waals surface area contributed by atoms with Gasteiger partial charge in [-0.2, -0.15) is 5.26 Å². The van der Waals surface area contributed by atoms with Crippen molar-refractivity contribution in [2.24, 2.45) is 13.0 Å². The van der Waals surface area contributed by atoms with E-state index in [0.717, 1.165) is 0 Å². The highest BCUT2D eigenvalue weighted by Crippen LogP contribution is 2.40. The predicted molar refractivity (Wildman–Crippen MR) is 129 cm³/mol. The Bertz CT molecular complexity index is 1310. The summed E-state index contributed by atoms with van der Waals surface area (Å²) in [6.45, 7) is 1.68. The highest BCUT2D eigenvalue weighted by Gasteiger charge is 2.48. The molecule has 2 amide bonds. The quantitative estimate of drug-likeness (QED) is 0.454. The number of pyridine rings is 2. The molecule has 3 heterocycles. The summed E-state index contributed by atoms with van der Waals surface area (Å²) in [6.07, 6.45) is 2.33. The number of nitrogens with zero attached hydrogens (tertiary/aromatic N) is 6. The largest absolute Gasteiger partial charge is 0.441 e. The van der Waals surface area contributed by atoms with E-state index < -0.39 is 17.8 Å². The third-order valence-electron chi connectivity index (χ3n) is 5.95. The molecule has 0 aliphatic heterocycles. The van der Waals surface area contributed by atoms with Gasteiger partial charge in [-0.05, 0) is 25.1 Å². The van der Waals surface area contributed by atoms with Gasteiger partial charge in [0, 0.05) is 44.7 Å². The maximum Gasteiger partial charge on any atom is 0.413 e. The highest BCUT2D eigenvalue weighted by molar-refractivity contribution is 6.30. The van der Waals surface area contributed by atoms with Gasteiger partial charge < -0.3 is 14.8 Å². The fourth-order valence-electron chi connectivity index (χ4n) is 3.80. The van der Waals surface area contributed by atoms with E-state index in [4.69, 9.17) is 21.1 Å². The topological polar surface area (TPSA) is 157 Å². The van der Waals surface area contributed by atoms with Crippen molar-refractivity contribution < 1.29 is 19.1 Å². The zero-order valence-corrected chi connectivity index (χ0v) is 20.5.